The van der Waals surface area contributed by atoms with E-state index in [-0.39, 0.29) is 11.9 Å². The van der Waals surface area contributed by atoms with Crippen molar-refractivity contribution in [1.29, 1.82) is 0 Å². The summed E-state index contributed by atoms with van der Waals surface area (Å²) in [6, 6.07) is 8.83. The standard InChI is InChI=1S/C20H23N5O3/c1-5-16(17-10-11-21-24(17)2)23-19(26)14-8-6-13(7-9-14)15-12-22-25(3)18(15)20(27)28-4/h6-12,16H,5H2,1-4H3,(H,23,26). The molecule has 0 aliphatic heterocycles. The van der Waals surface area contributed by atoms with Gasteiger partial charge in [-0.25, -0.2) is 4.79 Å². The average molecular weight is 381 g/mol. The predicted octanol–water partition coefficient (Wildman–Crippen LogP) is 2.49. The Hall–Kier alpha value is -3.42. The van der Waals surface area contributed by atoms with Crippen molar-refractivity contribution in [2.75, 3.05) is 7.11 Å². The lowest BCUT2D eigenvalue weighted by Gasteiger charge is -2.17. The van der Waals surface area contributed by atoms with Crippen LogP contribution in [0.5, 0.6) is 0 Å². The molecule has 0 radical (unpaired) electrons. The molecule has 146 valence electrons. The Labute approximate surface area is 163 Å². The Balaban J connectivity index is 1.80. The van der Waals surface area contributed by atoms with E-state index in [0.29, 0.717) is 16.8 Å². The van der Waals surface area contributed by atoms with Crippen LogP contribution in [0.15, 0.2) is 42.7 Å². The number of rotatable bonds is 6. The van der Waals surface area contributed by atoms with Crippen LogP contribution in [0.2, 0.25) is 0 Å². The third-order valence-corrected chi connectivity index (χ3v) is 4.71. The van der Waals surface area contributed by atoms with E-state index in [1.165, 1.54) is 11.8 Å². The molecular weight excluding hydrogens is 358 g/mol. The monoisotopic (exact) mass is 381 g/mol. The first-order valence-electron chi connectivity index (χ1n) is 8.95. The van der Waals surface area contributed by atoms with Crippen LogP contribution in [-0.2, 0) is 18.8 Å². The van der Waals surface area contributed by atoms with Gasteiger partial charge in [-0.3, -0.25) is 14.2 Å². The number of carbonyl (C=O) groups excluding carboxylic acids is 2. The van der Waals surface area contributed by atoms with Gasteiger partial charge in [-0.1, -0.05) is 19.1 Å². The number of aryl methyl sites for hydroxylation is 2. The third kappa shape index (κ3) is 3.66. The second kappa shape index (κ2) is 8.08. The first-order chi connectivity index (χ1) is 13.5. The van der Waals surface area contributed by atoms with Crippen LogP contribution < -0.4 is 5.32 Å². The summed E-state index contributed by atoms with van der Waals surface area (Å²) in [4.78, 5) is 24.7. The highest BCUT2D eigenvalue weighted by Crippen LogP contribution is 2.24. The highest BCUT2D eigenvalue weighted by Gasteiger charge is 2.20. The maximum absolute atomic E-state index is 12.7. The van der Waals surface area contributed by atoms with Crippen LogP contribution in [0.4, 0.5) is 0 Å². The molecule has 8 nitrogen and oxygen atoms in total. The van der Waals surface area contributed by atoms with Crippen molar-refractivity contribution in [2.24, 2.45) is 14.1 Å². The fourth-order valence-corrected chi connectivity index (χ4v) is 3.14. The van der Waals surface area contributed by atoms with Crippen LogP contribution in [0.3, 0.4) is 0 Å². The van der Waals surface area contributed by atoms with Crippen LogP contribution in [0, 0.1) is 0 Å². The molecule has 0 saturated carbocycles. The number of aromatic nitrogens is 4. The van der Waals surface area contributed by atoms with Gasteiger partial charge in [0, 0.05) is 31.4 Å². The molecule has 0 aliphatic rings. The molecule has 0 aliphatic carbocycles. The van der Waals surface area contributed by atoms with Crippen molar-refractivity contribution >= 4 is 11.9 Å². The van der Waals surface area contributed by atoms with E-state index in [1.54, 1.807) is 48.4 Å². The van der Waals surface area contributed by atoms with Gasteiger partial charge in [-0.15, -0.1) is 0 Å². The summed E-state index contributed by atoms with van der Waals surface area (Å²) in [6.45, 7) is 2.01. The van der Waals surface area contributed by atoms with E-state index in [9.17, 15) is 9.59 Å². The molecule has 2 aromatic heterocycles. The third-order valence-electron chi connectivity index (χ3n) is 4.71. The van der Waals surface area contributed by atoms with Gasteiger partial charge in [-0.05, 0) is 30.2 Å². The molecule has 0 bridgehead atoms. The minimum Gasteiger partial charge on any atom is -0.464 e. The van der Waals surface area contributed by atoms with Gasteiger partial charge in [0.2, 0.25) is 0 Å². The number of hydrogen-bond donors (Lipinski definition) is 1. The minimum atomic E-state index is -0.459. The molecule has 0 saturated heterocycles. The van der Waals surface area contributed by atoms with Gasteiger partial charge < -0.3 is 10.1 Å². The Bertz CT molecular complexity index is 988. The maximum Gasteiger partial charge on any atom is 0.356 e. The number of nitrogens with zero attached hydrogens (tertiary/aromatic N) is 4. The van der Waals surface area contributed by atoms with E-state index < -0.39 is 5.97 Å². The number of benzene rings is 1. The predicted molar refractivity (Wildman–Crippen MR) is 104 cm³/mol. The minimum absolute atomic E-state index is 0.121. The van der Waals surface area contributed by atoms with Gasteiger partial charge in [0.05, 0.1) is 25.0 Å². The van der Waals surface area contributed by atoms with Crippen molar-refractivity contribution in [2.45, 2.75) is 19.4 Å². The number of carbonyl (C=O) groups is 2. The zero-order chi connectivity index (χ0) is 20.3. The zero-order valence-electron chi connectivity index (χ0n) is 16.3. The Morgan fingerprint density at radius 1 is 1.11 bits per heavy atom. The lowest BCUT2D eigenvalue weighted by molar-refractivity contribution is 0.0589. The highest BCUT2D eigenvalue weighted by atomic mass is 16.5. The summed E-state index contributed by atoms with van der Waals surface area (Å²) in [7, 11) is 4.87. The van der Waals surface area contributed by atoms with Crippen LogP contribution in [0.1, 0.15) is 45.9 Å². The molecule has 1 N–H and O–H groups in total. The molecule has 1 aromatic carbocycles. The maximum atomic E-state index is 12.7. The van der Waals surface area contributed by atoms with Gasteiger partial charge in [0.1, 0.15) is 0 Å². The van der Waals surface area contributed by atoms with Gasteiger partial charge in [-0.2, -0.15) is 10.2 Å². The molecule has 2 heterocycles. The number of esters is 1. The van der Waals surface area contributed by atoms with E-state index in [4.69, 9.17) is 4.74 Å². The van der Waals surface area contributed by atoms with E-state index in [0.717, 1.165) is 17.7 Å². The lowest BCUT2D eigenvalue weighted by Crippen LogP contribution is -2.29. The fraction of sp³-hybridized carbons (Fsp3) is 0.300. The summed E-state index contributed by atoms with van der Waals surface area (Å²) in [6.07, 6.45) is 4.07. The Kier molecular flexibility index (Phi) is 5.58. The molecule has 1 unspecified atom stereocenters. The number of amides is 1. The first kappa shape index (κ1) is 19.3. The molecule has 0 spiro atoms. The molecule has 0 fully saturated rings. The van der Waals surface area contributed by atoms with Crippen LogP contribution >= 0.6 is 0 Å². The average Bonchev–Trinajstić information content (AvgIpc) is 3.31. The van der Waals surface area contributed by atoms with Crippen LogP contribution in [0.25, 0.3) is 11.1 Å². The van der Waals surface area contributed by atoms with Gasteiger partial charge in [0.15, 0.2) is 5.69 Å². The number of hydrogen-bond acceptors (Lipinski definition) is 5. The van der Waals surface area contributed by atoms with Crippen molar-refractivity contribution in [3.05, 3.63) is 59.7 Å². The largest absolute Gasteiger partial charge is 0.464 e. The molecule has 3 aromatic rings. The topological polar surface area (TPSA) is 91.0 Å². The number of ether oxygens (including phenoxy) is 1. The number of nitrogens with one attached hydrogen (secondary N) is 1. The van der Waals surface area contributed by atoms with E-state index >= 15 is 0 Å². The zero-order valence-corrected chi connectivity index (χ0v) is 16.3. The first-order valence-corrected chi connectivity index (χ1v) is 8.95. The Morgan fingerprint density at radius 3 is 2.39 bits per heavy atom. The molecule has 1 amide bonds. The molecule has 1 atom stereocenters. The SMILES string of the molecule is CCC(NC(=O)c1ccc(-c2cnn(C)c2C(=O)OC)cc1)c1ccnn1C. The summed E-state index contributed by atoms with van der Waals surface area (Å²) in [5.41, 5.74) is 3.28. The van der Waals surface area contributed by atoms with Crippen molar-refractivity contribution in [3.63, 3.8) is 0 Å². The molecule has 28 heavy (non-hydrogen) atoms. The lowest BCUT2D eigenvalue weighted by atomic mass is 10.0. The normalized spacial score (nSPS) is 11.9. The highest BCUT2D eigenvalue weighted by molar-refractivity contribution is 5.97. The number of methoxy groups -OCH3 is 1. The second-order valence-corrected chi connectivity index (χ2v) is 6.41. The summed E-state index contributed by atoms with van der Waals surface area (Å²) in [5, 5.41) is 11.3. The van der Waals surface area contributed by atoms with Gasteiger partial charge in [0.25, 0.3) is 5.91 Å². The Morgan fingerprint density at radius 2 is 1.82 bits per heavy atom. The fourth-order valence-electron chi connectivity index (χ4n) is 3.14. The van der Waals surface area contributed by atoms with Crippen molar-refractivity contribution in [3.8, 4) is 11.1 Å². The van der Waals surface area contributed by atoms with Crippen molar-refractivity contribution in [1.82, 2.24) is 24.9 Å². The summed E-state index contributed by atoms with van der Waals surface area (Å²) in [5.74, 6) is -0.627. The second-order valence-electron chi connectivity index (χ2n) is 6.41. The van der Waals surface area contributed by atoms with Gasteiger partial charge >= 0.3 is 5.97 Å². The van der Waals surface area contributed by atoms with E-state index in [2.05, 4.69) is 15.5 Å². The van der Waals surface area contributed by atoms with Crippen molar-refractivity contribution < 1.29 is 14.3 Å². The molecular formula is C20H23N5O3. The quantitative estimate of drug-likeness (QED) is 0.663. The van der Waals surface area contributed by atoms with E-state index in [1.807, 2.05) is 20.0 Å². The smallest absolute Gasteiger partial charge is 0.356 e. The molecule has 3 rings (SSSR count). The summed E-state index contributed by atoms with van der Waals surface area (Å²) < 4.78 is 8.06. The summed E-state index contributed by atoms with van der Waals surface area (Å²) >= 11 is 0. The molecule has 8 heteroatoms. The van der Waals surface area contributed by atoms with Crippen LogP contribution in [-0.4, -0.2) is 38.5 Å².